The van der Waals surface area contributed by atoms with Gasteiger partial charge in [0, 0.05) is 35.3 Å². The van der Waals surface area contributed by atoms with Crippen molar-refractivity contribution in [2.45, 2.75) is 0 Å². The number of carbonyl (C=O) groups is 2. The van der Waals surface area contributed by atoms with Gasteiger partial charge in [-0.3, -0.25) is 9.97 Å². The number of carboxylic acids is 1. The molecular formula is C25H20N2O4. The number of hydrogen-bond acceptors (Lipinski definition) is 5. The number of pyridine rings is 2. The van der Waals surface area contributed by atoms with Crippen molar-refractivity contribution in [3.05, 3.63) is 96.3 Å². The van der Waals surface area contributed by atoms with Crippen molar-refractivity contribution in [1.82, 2.24) is 9.97 Å². The average Bonchev–Trinajstić information content (AvgIpc) is 2.81. The summed E-state index contributed by atoms with van der Waals surface area (Å²) in [5.74, 6) is -1.32. The van der Waals surface area contributed by atoms with Gasteiger partial charge in [-0.1, -0.05) is 36.4 Å². The first kappa shape index (κ1) is 21.4. The van der Waals surface area contributed by atoms with Crippen LogP contribution in [0.3, 0.4) is 0 Å². The molecule has 0 radical (unpaired) electrons. The molecule has 2 aromatic carbocycles. The number of para-hydroxylation sites is 2. The second-order valence-corrected chi connectivity index (χ2v) is 6.45. The van der Waals surface area contributed by atoms with E-state index in [-0.39, 0.29) is 5.97 Å². The molecule has 31 heavy (non-hydrogen) atoms. The third-order valence-corrected chi connectivity index (χ3v) is 4.25. The fourth-order valence-electron chi connectivity index (χ4n) is 2.76. The standard InChI is InChI=1S/C13H11NO2.C12H9NO2/c1-16-13(15)7-6-10-8-11-4-2-3-5-12(11)14-9-10;14-12(15)6-5-9-7-10-3-1-2-4-11(10)13-8-9/h2-9H,1H3;1-8H,(H,14,15)/b7-6+;6-5+. The van der Waals surface area contributed by atoms with Crippen molar-refractivity contribution in [2.24, 2.45) is 0 Å². The number of carbonyl (C=O) groups excluding carboxylic acids is 1. The van der Waals surface area contributed by atoms with Gasteiger partial charge in [-0.2, -0.15) is 0 Å². The molecule has 0 saturated heterocycles. The Morgan fingerprint density at radius 3 is 1.77 bits per heavy atom. The van der Waals surface area contributed by atoms with E-state index in [2.05, 4.69) is 14.7 Å². The number of aliphatic carboxylic acids is 1. The third-order valence-electron chi connectivity index (χ3n) is 4.25. The smallest absolute Gasteiger partial charge is 0.330 e. The zero-order valence-corrected chi connectivity index (χ0v) is 16.8. The lowest BCUT2D eigenvalue weighted by molar-refractivity contribution is -0.135. The number of esters is 1. The topological polar surface area (TPSA) is 89.4 Å². The van der Waals surface area contributed by atoms with Gasteiger partial charge in [0.15, 0.2) is 0 Å². The van der Waals surface area contributed by atoms with E-state index in [9.17, 15) is 9.59 Å². The Hall–Kier alpha value is -4.32. The molecule has 0 saturated carbocycles. The first-order valence-electron chi connectivity index (χ1n) is 9.42. The first-order chi connectivity index (χ1) is 15.0. The number of nitrogens with zero attached hydrogens (tertiary/aromatic N) is 2. The van der Waals surface area contributed by atoms with Crippen molar-refractivity contribution < 1.29 is 19.4 Å². The van der Waals surface area contributed by atoms with Crippen LogP contribution < -0.4 is 0 Å². The van der Waals surface area contributed by atoms with Crippen LogP contribution in [0.1, 0.15) is 11.1 Å². The molecule has 4 rings (SSSR count). The minimum absolute atomic E-state index is 0.367. The number of hydrogen-bond donors (Lipinski definition) is 1. The van der Waals surface area contributed by atoms with Gasteiger partial charge in [-0.05, 0) is 47.5 Å². The number of benzene rings is 2. The summed E-state index contributed by atoms with van der Waals surface area (Å²) in [4.78, 5) is 29.7. The van der Waals surface area contributed by atoms with Crippen LogP contribution in [-0.2, 0) is 14.3 Å². The van der Waals surface area contributed by atoms with Crippen molar-refractivity contribution in [2.75, 3.05) is 7.11 Å². The second-order valence-electron chi connectivity index (χ2n) is 6.45. The Kier molecular flexibility index (Phi) is 7.21. The van der Waals surface area contributed by atoms with Gasteiger partial charge in [-0.15, -0.1) is 0 Å². The van der Waals surface area contributed by atoms with Crippen molar-refractivity contribution in [1.29, 1.82) is 0 Å². The molecule has 0 atom stereocenters. The molecule has 0 spiro atoms. The van der Waals surface area contributed by atoms with Gasteiger partial charge < -0.3 is 9.84 Å². The molecule has 0 fully saturated rings. The van der Waals surface area contributed by atoms with E-state index in [1.54, 1.807) is 18.5 Å². The summed E-state index contributed by atoms with van der Waals surface area (Å²) in [6.45, 7) is 0. The summed E-state index contributed by atoms with van der Waals surface area (Å²) in [5, 5.41) is 10.5. The largest absolute Gasteiger partial charge is 0.478 e. The summed E-state index contributed by atoms with van der Waals surface area (Å²) in [7, 11) is 1.35. The Morgan fingerprint density at radius 2 is 1.29 bits per heavy atom. The molecule has 0 bridgehead atoms. The molecule has 0 aliphatic rings. The lowest BCUT2D eigenvalue weighted by atomic mass is 10.1. The van der Waals surface area contributed by atoms with Gasteiger partial charge in [-0.25, -0.2) is 9.59 Å². The fourth-order valence-corrected chi connectivity index (χ4v) is 2.76. The molecule has 0 amide bonds. The Morgan fingerprint density at radius 1 is 0.806 bits per heavy atom. The van der Waals surface area contributed by atoms with E-state index in [4.69, 9.17) is 5.11 Å². The van der Waals surface area contributed by atoms with Crippen LogP contribution in [-0.4, -0.2) is 34.1 Å². The lowest BCUT2D eigenvalue weighted by Gasteiger charge is -1.97. The predicted octanol–water partition coefficient (Wildman–Crippen LogP) is 4.75. The van der Waals surface area contributed by atoms with Crippen LogP contribution in [0, 0.1) is 0 Å². The van der Waals surface area contributed by atoms with E-state index in [0.29, 0.717) is 0 Å². The lowest BCUT2D eigenvalue weighted by Crippen LogP contribution is -1.93. The van der Waals surface area contributed by atoms with Crippen LogP contribution >= 0.6 is 0 Å². The van der Waals surface area contributed by atoms with Crippen molar-refractivity contribution in [3.8, 4) is 0 Å². The van der Waals surface area contributed by atoms with Gasteiger partial charge in [0.25, 0.3) is 0 Å². The Bertz CT molecular complexity index is 1280. The Balaban J connectivity index is 0.000000176. The number of fused-ring (bicyclic) bond motifs is 2. The van der Waals surface area contributed by atoms with E-state index in [1.165, 1.54) is 19.3 Å². The second kappa shape index (κ2) is 10.5. The van der Waals surface area contributed by atoms with E-state index >= 15 is 0 Å². The first-order valence-corrected chi connectivity index (χ1v) is 9.42. The quantitative estimate of drug-likeness (QED) is 0.384. The van der Waals surface area contributed by atoms with Crippen molar-refractivity contribution >= 4 is 45.9 Å². The molecule has 2 aromatic heterocycles. The monoisotopic (exact) mass is 412 g/mol. The van der Waals surface area contributed by atoms with E-state index in [0.717, 1.165) is 39.0 Å². The molecule has 0 aliphatic carbocycles. The maximum atomic E-state index is 10.9. The summed E-state index contributed by atoms with van der Waals surface area (Å²) < 4.78 is 4.51. The molecular weight excluding hydrogens is 392 g/mol. The minimum atomic E-state index is -0.955. The van der Waals surface area contributed by atoms with Crippen LogP contribution in [0.4, 0.5) is 0 Å². The molecule has 4 aromatic rings. The summed E-state index contributed by atoms with van der Waals surface area (Å²) >= 11 is 0. The maximum absolute atomic E-state index is 10.9. The van der Waals surface area contributed by atoms with E-state index < -0.39 is 5.97 Å². The highest BCUT2D eigenvalue weighted by molar-refractivity contribution is 5.88. The number of methoxy groups -OCH3 is 1. The molecule has 6 nitrogen and oxygen atoms in total. The van der Waals surface area contributed by atoms with Gasteiger partial charge >= 0.3 is 11.9 Å². The third kappa shape index (κ3) is 6.33. The number of ether oxygens (including phenoxy) is 1. The number of carboxylic acid groups (broad SMARTS) is 1. The van der Waals surface area contributed by atoms with Crippen molar-refractivity contribution in [3.63, 3.8) is 0 Å². The van der Waals surface area contributed by atoms with Crippen LogP contribution in [0.15, 0.2) is 85.2 Å². The summed E-state index contributed by atoms with van der Waals surface area (Å²) in [5.41, 5.74) is 3.52. The minimum Gasteiger partial charge on any atom is -0.478 e. The molecule has 0 aliphatic heterocycles. The normalized spacial score (nSPS) is 10.9. The van der Waals surface area contributed by atoms with E-state index in [1.807, 2.05) is 60.7 Å². The number of aromatic nitrogens is 2. The molecule has 1 N–H and O–H groups in total. The van der Waals surface area contributed by atoms with Gasteiger partial charge in [0.2, 0.25) is 0 Å². The van der Waals surface area contributed by atoms with Crippen LogP contribution in [0.2, 0.25) is 0 Å². The summed E-state index contributed by atoms with van der Waals surface area (Å²) in [6.07, 6.45) is 9.08. The maximum Gasteiger partial charge on any atom is 0.330 e. The van der Waals surface area contributed by atoms with Crippen LogP contribution in [0.25, 0.3) is 34.0 Å². The Labute approximate surface area is 179 Å². The average molecular weight is 412 g/mol. The summed E-state index contributed by atoms with van der Waals surface area (Å²) in [6, 6.07) is 19.4. The fraction of sp³-hybridized carbons (Fsp3) is 0.0400. The molecule has 2 heterocycles. The highest BCUT2D eigenvalue weighted by Gasteiger charge is 1.96. The van der Waals surface area contributed by atoms with Gasteiger partial charge in [0.05, 0.1) is 18.1 Å². The molecule has 0 unspecified atom stereocenters. The molecule has 6 heteroatoms. The zero-order valence-electron chi connectivity index (χ0n) is 16.8. The van der Waals surface area contributed by atoms with Crippen LogP contribution in [0.5, 0.6) is 0 Å². The van der Waals surface area contributed by atoms with Gasteiger partial charge in [0.1, 0.15) is 0 Å². The zero-order chi connectivity index (χ0) is 22.1. The SMILES string of the molecule is COC(=O)/C=C/c1cnc2ccccc2c1.O=C(O)/C=C/c1cnc2ccccc2c1. The number of rotatable bonds is 4. The predicted molar refractivity (Wildman–Crippen MR) is 121 cm³/mol. The highest BCUT2D eigenvalue weighted by Crippen LogP contribution is 2.14. The highest BCUT2D eigenvalue weighted by atomic mass is 16.5. The molecule has 154 valence electrons.